The van der Waals surface area contributed by atoms with E-state index in [9.17, 15) is 4.79 Å². The van der Waals surface area contributed by atoms with Crippen molar-refractivity contribution in [2.24, 2.45) is 5.92 Å². The Morgan fingerprint density at radius 2 is 2.19 bits per heavy atom. The highest BCUT2D eigenvalue weighted by Gasteiger charge is 2.40. The molecular formula is C12H22N2O2. The molecule has 2 fully saturated rings. The predicted octanol–water partition coefficient (Wildman–Crippen LogP) is 0.670. The van der Waals surface area contributed by atoms with Gasteiger partial charge in [0.1, 0.15) is 0 Å². The van der Waals surface area contributed by atoms with Gasteiger partial charge in [0.25, 0.3) is 0 Å². The largest absolute Gasteiger partial charge is 0.376 e. The molecule has 1 aliphatic carbocycles. The van der Waals surface area contributed by atoms with Crippen molar-refractivity contribution >= 4 is 5.91 Å². The SMILES string of the molecule is CNC(=O)CCCNC1CCOC1C1CC1. The summed E-state index contributed by atoms with van der Waals surface area (Å²) in [6.07, 6.45) is 5.77. The second kappa shape index (κ2) is 5.64. The lowest BCUT2D eigenvalue weighted by Gasteiger charge is -2.19. The van der Waals surface area contributed by atoms with Crippen LogP contribution in [0.2, 0.25) is 0 Å². The molecule has 0 bridgehead atoms. The average molecular weight is 226 g/mol. The van der Waals surface area contributed by atoms with Crippen LogP contribution in [0.5, 0.6) is 0 Å². The van der Waals surface area contributed by atoms with Gasteiger partial charge in [-0.25, -0.2) is 0 Å². The van der Waals surface area contributed by atoms with Crippen molar-refractivity contribution < 1.29 is 9.53 Å². The van der Waals surface area contributed by atoms with E-state index in [1.54, 1.807) is 7.05 Å². The monoisotopic (exact) mass is 226 g/mol. The molecule has 92 valence electrons. The van der Waals surface area contributed by atoms with Crippen LogP contribution in [0.1, 0.15) is 32.1 Å². The van der Waals surface area contributed by atoms with Crippen molar-refractivity contribution in [3.8, 4) is 0 Å². The fraction of sp³-hybridized carbons (Fsp3) is 0.917. The highest BCUT2D eigenvalue weighted by Crippen LogP contribution is 2.38. The maximum absolute atomic E-state index is 11.0. The molecule has 0 aromatic carbocycles. The third-order valence-electron chi connectivity index (χ3n) is 3.49. The lowest BCUT2D eigenvalue weighted by molar-refractivity contribution is -0.120. The van der Waals surface area contributed by atoms with E-state index in [2.05, 4.69) is 10.6 Å². The average Bonchev–Trinajstić information content (AvgIpc) is 3.04. The van der Waals surface area contributed by atoms with E-state index >= 15 is 0 Å². The van der Waals surface area contributed by atoms with Gasteiger partial charge in [-0.3, -0.25) is 4.79 Å². The summed E-state index contributed by atoms with van der Waals surface area (Å²) >= 11 is 0. The van der Waals surface area contributed by atoms with Crippen LogP contribution in [0.3, 0.4) is 0 Å². The molecular weight excluding hydrogens is 204 g/mol. The standard InChI is InChI=1S/C12H22N2O2/c1-13-11(15)3-2-7-14-10-6-8-16-12(10)9-4-5-9/h9-10,12,14H,2-8H2,1H3,(H,13,15). The summed E-state index contributed by atoms with van der Waals surface area (Å²) in [6.45, 7) is 1.82. The van der Waals surface area contributed by atoms with Crippen LogP contribution in [0.15, 0.2) is 0 Å². The van der Waals surface area contributed by atoms with Crippen molar-refractivity contribution in [1.82, 2.24) is 10.6 Å². The predicted molar refractivity (Wildman–Crippen MR) is 62.2 cm³/mol. The van der Waals surface area contributed by atoms with Gasteiger partial charge in [0.05, 0.1) is 6.10 Å². The molecule has 0 aromatic rings. The molecule has 1 saturated heterocycles. The van der Waals surface area contributed by atoms with Crippen molar-refractivity contribution in [1.29, 1.82) is 0 Å². The van der Waals surface area contributed by atoms with Gasteiger partial charge in [-0.05, 0) is 38.1 Å². The number of amides is 1. The highest BCUT2D eigenvalue weighted by molar-refractivity contribution is 5.75. The molecule has 0 spiro atoms. The summed E-state index contributed by atoms with van der Waals surface area (Å²) in [7, 11) is 1.68. The maximum atomic E-state index is 11.0. The number of ether oxygens (including phenoxy) is 1. The van der Waals surface area contributed by atoms with Gasteiger partial charge in [-0.1, -0.05) is 0 Å². The summed E-state index contributed by atoms with van der Waals surface area (Å²) in [5.74, 6) is 0.933. The molecule has 1 saturated carbocycles. The first kappa shape index (κ1) is 11.9. The van der Waals surface area contributed by atoms with Crippen LogP contribution >= 0.6 is 0 Å². The van der Waals surface area contributed by atoms with E-state index < -0.39 is 0 Å². The minimum atomic E-state index is 0.128. The summed E-state index contributed by atoms with van der Waals surface area (Å²) in [5, 5.41) is 6.17. The van der Waals surface area contributed by atoms with Crippen LogP contribution in [0.25, 0.3) is 0 Å². The van der Waals surface area contributed by atoms with Crippen LogP contribution in [0, 0.1) is 5.92 Å². The van der Waals surface area contributed by atoms with Gasteiger partial charge >= 0.3 is 0 Å². The van der Waals surface area contributed by atoms with E-state index in [1.165, 1.54) is 12.8 Å². The zero-order chi connectivity index (χ0) is 11.4. The van der Waals surface area contributed by atoms with Crippen LogP contribution < -0.4 is 10.6 Å². The van der Waals surface area contributed by atoms with Crippen molar-refractivity contribution in [2.45, 2.75) is 44.2 Å². The topological polar surface area (TPSA) is 50.4 Å². The molecule has 2 N–H and O–H groups in total. The second-order valence-corrected chi connectivity index (χ2v) is 4.80. The van der Waals surface area contributed by atoms with Gasteiger partial charge in [0.15, 0.2) is 0 Å². The zero-order valence-corrected chi connectivity index (χ0v) is 10.00. The van der Waals surface area contributed by atoms with Gasteiger partial charge < -0.3 is 15.4 Å². The second-order valence-electron chi connectivity index (χ2n) is 4.80. The molecule has 1 amide bonds. The number of carbonyl (C=O) groups is 1. The summed E-state index contributed by atoms with van der Waals surface area (Å²) < 4.78 is 5.75. The molecule has 2 atom stereocenters. The van der Waals surface area contributed by atoms with Gasteiger partial charge in [0.2, 0.25) is 5.91 Å². The smallest absolute Gasteiger partial charge is 0.219 e. The Labute approximate surface area is 97.1 Å². The van der Waals surface area contributed by atoms with Crippen molar-refractivity contribution in [3.63, 3.8) is 0 Å². The van der Waals surface area contributed by atoms with Crippen LogP contribution in [-0.2, 0) is 9.53 Å². The van der Waals surface area contributed by atoms with Gasteiger partial charge in [-0.15, -0.1) is 0 Å². The van der Waals surface area contributed by atoms with E-state index in [1.807, 2.05) is 0 Å². The Balaban J connectivity index is 1.60. The van der Waals surface area contributed by atoms with Gasteiger partial charge in [-0.2, -0.15) is 0 Å². The number of rotatable bonds is 6. The fourth-order valence-electron chi connectivity index (χ4n) is 2.38. The molecule has 4 heteroatoms. The molecule has 2 rings (SSSR count). The lowest BCUT2D eigenvalue weighted by atomic mass is 10.1. The number of hydrogen-bond donors (Lipinski definition) is 2. The molecule has 0 aromatic heterocycles. The van der Waals surface area contributed by atoms with Crippen LogP contribution in [0.4, 0.5) is 0 Å². The van der Waals surface area contributed by atoms with E-state index in [-0.39, 0.29) is 5.91 Å². The maximum Gasteiger partial charge on any atom is 0.219 e. The molecule has 16 heavy (non-hydrogen) atoms. The number of carbonyl (C=O) groups excluding carboxylic acids is 1. The third-order valence-corrected chi connectivity index (χ3v) is 3.49. The zero-order valence-electron chi connectivity index (χ0n) is 10.00. The summed E-state index contributed by atoms with van der Waals surface area (Å²) in [4.78, 5) is 11.0. The van der Waals surface area contributed by atoms with E-state index in [0.29, 0.717) is 18.6 Å². The fourth-order valence-corrected chi connectivity index (χ4v) is 2.38. The lowest BCUT2D eigenvalue weighted by Crippen LogP contribution is -2.38. The first-order valence-electron chi connectivity index (χ1n) is 6.37. The summed E-state index contributed by atoms with van der Waals surface area (Å²) in [6, 6.07) is 0.525. The quantitative estimate of drug-likeness (QED) is 0.655. The Hall–Kier alpha value is -0.610. The normalized spacial score (nSPS) is 29.3. The molecule has 4 nitrogen and oxygen atoms in total. The van der Waals surface area contributed by atoms with Crippen molar-refractivity contribution in [3.05, 3.63) is 0 Å². The third kappa shape index (κ3) is 3.19. The molecule has 2 unspecified atom stereocenters. The first-order chi connectivity index (χ1) is 7.81. The summed E-state index contributed by atoms with van der Waals surface area (Å²) in [5.41, 5.74) is 0. The molecule has 0 radical (unpaired) electrons. The Morgan fingerprint density at radius 3 is 2.88 bits per heavy atom. The highest BCUT2D eigenvalue weighted by atomic mass is 16.5. The van der Waals surface area contributed by atoms with Crippen molar-refractivity contribution in [2.75, 3.05) is 20.2 Å². The molecule has 2 aliphatic rings. The Kier molecular flexibility index (Phi) is 4.18. The molecule has 1 aliphatic heterocycles. The van der Waals surface area contributed by atoms with Crippen LogP contribution in [-0.4, -0.2) is 38.3 Å². The molecule has 1 heterocycles. The minimum Gasteiger partial charge on any atom is -0.376 e. The van der Waals surface area contributed by atoms with Gasteiger partial charge in [0, 0.05) is 26.1 Å². The minimum absolute atomic E-state index is 0.128. The van der Waals surface area contributed by atoms with E-state index in [0.717, 1.165) is 31.9 Å². The number of hydrogen-bond acceptors (Lipinski definition) is 3. The Bertz CT molecular complexity index is 241. The van der Waals surface area contributed by atoms with E-state index in [4.69, 9.17) is 4.74 Å². The number of nitrogens with one attached hydrogen (secondary N) is 2. The Morgan fingerprint density at radius 1 is 1.38 bits per heavy atom. The first-order valence-corrected chi connectivity index (χ1v) is 6.37.